The van der Waals surface area contributed by atoms with Gasteiger partial charge in [-0.05, 0) is 26.2 Å². The smallest absolute Gasteiger partial charge is 0.148 e. The van der Waals surface area contributed by atoms with Crippen LogP contribution in [-0.4, -0.2) is 43.7 Å². The second kappa shape index (κ2) is 4.16. The molecular weight excluding hydrogens is 202 g/mol. The monoisotopic (exact) mass is 221 g/mol. The second-order valence-corrected chi connectivity index (χ2v) is 6.64. The Bertz CT molecular complexity index is 282. The van der Waals surface area contributed by atoms with Crippen LogP contribution in [0, 0.1) is 0 Å². The highest BCUT2D eigenvalue weighted by molar-refractivity contribution is 7.90. The van der Waals surface area contributed by atoms with E-state index in [0.29, 0.717) is 6.54 Å². The highest BCUT2D eigenvalue weighted by Gasteiger charge is 2.34. The molecule has 0 aliphatic heterocycles. The number of hydrogen-bond acceptors (Lipinski definition) is 4. The highest BCUT2D eigenvalue weighted by atomic mass is 32.2. The molecule has 0 aromatic heterocycles. The summed E-state index contributed by atoms with van der Waals surface area (Å²) in [5.41, 5.74) is -0.578. The molecule has 0 heterocycles. The molecule has 2 N–H and O–H groups in total. The van der Waals surface area contributed by atoms with E-state index in [2.05, 4.69) is 5.32 Å². The average Bonchev–Trinajstić information content (AvgIpc) is 1.94. The maximum Gasteiger partial charge on any atom is 0.148 e. The molecule has 4 nitrogen and oxygen atoms in total. The van der Waals surface area contributed by atoms with E-state index in [0.717, 1.165) is 19.3 Å². The third-order valence-corrected chi connectivity index (χ3v) is 3.72. The summed E-state index contributed by atoms with van der Waals surface area (Å²) in [5, 5.41) is 12.8. The van der Waals surface area contributed by atoms with Crippen LogP contribution >= 0.6 is 0 Å². The van der Waals surface area contributed by atoms with E-state index in [9.17, 15) is 13.5 Å². The molecule has 1 aliphatic rings. The molecule has 1 fully saturated rings. The van der Waals surface area contributed by atoms with Gasteiger partial charge in [-0.1, -0.05) is 0 Å². The molecule has 1 saturated carbocycles. The van der Waals surface area contributed by atoms with Gasteiger partial charge < -0.3 is 10.4 Å². The van der Waals surface area contributed by atoms with Crippen LogP contribution in [0.25, 0.3) is 0 Å². The largest absolute Gasteiger partial charge is 0.389 e. The Hall–Kier alpha value is -0.130. The van der Waals surface area contributed by atoms with Crippen LogP contribution in [0.2, 0.25) is 0 Å². The van der Waals surface area contributed by atoms with Gasteiger partial charge in [0.25, 0.3) is 0 Å². The Balaban J connectivity index is 2.24. The van der Waals surface area contributed by atoms with Gasteiger partial charge in [0.05, 0.1) is 11.4 Å². The first kappa shape index (κ1) is 11.9. The van der Waals surface area contributed by atoms with Crippen molar-refractivity contribution in [3.63, 3.8) is 0 Å². The van der Waals surface area contributed by atoms with E-state index < -0.39 is 15.4 Å². The summed E-state index contributed by atoms with van der Waals surface area (Å²) in [6, 6.07) is -0.0883. The van der Waals surface area contributed by atoms with Gasteiger partial charge in [0.15, 0.2) is 0 Å². The van der Waals surface area contributed by atoms with E-state index >= 15 is 0 Å². The maximum absolute atomic E-state index is 10.9. The van der Waals surface area contributed by atoms with Crippen LogP contribution in [0.5, 0.6) is 0 Å². The van der Waals surface area contributed by atoms with Gasteiger partial charge in [0, 0.05) is 18.8 Å². The van der Waals surface area contributed by atoms with Crippen molar-refractivity contribution in [3.05, 3.63) is 0 Å². The van der Waals surface area contributed by atoms with Gasteiger partial charge in [-0.2, -0.15) is 0 Å². The Labute approximate surface area is 85.6 Å². The molecule has 1 aliphatic carbocycles. The first-order chi connectivity index (χ1) is 6.31. The molecule has 0 saturated heterocycles. The van der Waals surface area contributed by atoms with Crippen molar-refractivity contribution in [1.82, 2.24) is 5.32 Å². The Morgan fingerprint density at radius 1 is 1.50 bits per heavy atom. The fourth-order valence-electron chi connectivity index (χ4n) is 1.64. The molecule has 5 heteroatoms. The van der Waals surface area contributed by atoms with Gasteiger partial charge in [-0.15, -0.1) is 0 Å². The Morgan fingerprint density at radius 2 is 2.07 bits per heavy atom. The van der Waals surface area contributed by atoms with Crippen LogP contribution in [-0.2, 0) is 9.84 Å². The summed E-state index contributed by atoms with van der Waals surface area (Å²) in [6.45, 7) is 2.33. The van der Waals surface area contributed by atoms with Crippen molar-refractivity contribution >= 4 is 9.84 Å². The van der Waals surface area contributed by atoms with Crippen molar-refractivity contribution in [2.45, 2.75) is 37.8 Å². The molecule has 14 heavy (non-hydrogen) atoms. The van der Waals surface area contributed by atoms with Crippen molar-refractivity contribution in [1.29, 1.82) is 0 Å². The Kier molecular flexibility index (Phi) is 3.55. The fraction of sp³-hybridized carbons (Fsp3) is 1.00. The summed E-state index contributed by atoms with van der Waals surface area (Å²) in [5.74, 6) is 0.128. The second-order valence-electron chi connectivity index (χ2n) is 4.45. The normalized spacial score (nSPS) is 22.8. The lowest BCUT2D eigenvalue weighted by Crippen LogP contribution is -2.49. The molecule has 1 unspecified atom stereocenters. The van der Waals surface area contributed by atoms with Gasteiger partial charge in [-0.25, -0.2) is 8.42 Å². The minimum absolute atomic E-state index is 0.0883. The van der Waals surface area contributed by atoms with Gasteiger partial charge in [-0.3, -0.25) is 0 Å². The first-order valence-corrected chi connectivity index (χ1v) is 7.00. The summed E-state index contributed by atoms with van der Waals surface area (Å²) in [7, 11) is -2.92. The molecule has 1 rings (SSSR count). The number of rotatable bonds is 5. The minimum atomic E-state index is -2.92. The van der Waals surface area contributed by atoms with Crippen LogP contribution in [0.4, 0.5) is 0 Å². The van der Waals surface area contributed by atoms with E-state index in [1.807, 2.05) is 6.92 Å². The lowest BCUT2D eigenvalue weighted by atomic mass is 9.80. The predicted molar refractivity (Wildman–Crippen MR) is 56.0 cm³/mol. The quantitative estimate of drug-likeness (QED) is 0.681. The van der Waals surface area contributed by atoms with E-state index in [4.69, 9.17) is 0 Å². The SMILES string of the molecule is CC(CS(C)(=O)=O)NCC1(O)CCC1. The average molecular weight is 221 g/mol. The van der Waals surface area contributed by atoms with Gasteiger partial charge in [0.2, 0.25) is 0 Å². The van der Waals surface area contributed by atoms with E-state index in [1.165, 1.54) is 6.26 Å². The van der Waals surface area contributed by atoms with Crippen LogP contribution in [0.15, 0.2) is 0 Å². The zero-order valence-corrected chi connectivity index (χ0v) is 9.60. The van der Waals surface area contributed by atoms with Crippen molar-refractivity contribution in [2.24, 2.45) is 0 Å². The first-order valence-electron chi connectivity index (χ1n) is 4.94. The zero-order valence-electron chi connectivity index (χ0n) is 8.78. The third-order valence-electron chi connectivity index (χ3n) is 2.62. The minimum Gasteiger partial charge on any atom is -0.389 e. The zero-order chi connectivity index (χ0) is 10.8. The van der Waals surface area contributed by atoms with Gasteiger partial charge in [0.1, 0.15) is 9.84 Å². The predicted octanol–water partition coefficient (Wildman–Crippen LogP) is -0.0759. The molecular formula is C9H19NO3S. The molecule has 0 radical (unpaired) electrons. The fourth-order valence-corrected chi connectivity index (χ4v) is 2.67. The van der Waals surface area contributed by atoms with Crippen molar-refractivity contribution in [3.8, 4) is 0 Å². The van der Waals surface area contributed by atoms with Crippen LogP contribution < -0.4 is 5.32 Å². The van der Waals surface area contributed by atoms with Crippen molar-refractivity contribution < 1.29 is 13.5 Å². The summed E-state index contributed by atoms with van der Waals surface area (Å²) in [4.78, 5) is 0. The lowest BCUT2D eigenvalue weighted by Gasteiger charge is -2.37. The molecule has 0 spiro atoms. The highest BCUT2D eigenvalue weighted by Crippen LogP contribution is 2.30. The molecule has 1 atom stereocenters. The Morgan fingerprint density at radius 3 is 2.43 bits per heavy atom. The number of sulfone groups is 1. The van der Waals surface area contributed by atoms with E-state index in [-0.39, 0.29) is 11.8 Å². The molecule has 0 amide bonds. The molecule has 0 aromatic carbocycles. The number of nitrogens with one attached hydrogen (secondary N) is 1. The number of hydrogen-bond donors (Lipinski definition) is 2. The molecule has 84 valence electrons. The lowest BCUT2D eigenvalue weighted by molar-refractivity contribution is -0.0324. The molecule has 0 aromatic rings. The summed E-state index contributed by atoms with van der Waals surface area (Å²) in [6.07, 6.45) is 3.94. The van der Waals surface area contributed by atoms with Crippen LogP contribution in [0.3, 0.4) is 0 Å². The molecule has 0 bridgehead atoms. The standard InChI is InChI=1S/C9H19NO3S/c1-8(6-14(2,12)13)10-7-9(11)4-3-5-9/h8,10-11H,3-7H2,1-2H3. The summed E-state index contributed by atoms with van der Waals surface area (Å²) >= 11 is 0. The van der Waals surface area contributed by atoms with Crippen molar-refractivity contribution in [2.75, 3.05) is 18.6 Å². The van der Waals surface area contributed by atoms with E-state index in [1.54, 1.807) is 0 Å². The third kappa shape index (κ3) is 3.94. The van der Waals surface area contributed by atoms with Crippen LogP contribution in [0.1, 0.15) is 26.2 Å². The number of aliphatic hydroxyl groups is 1. The summed E-state index contributed by atoms with van der Waals surface area (Å²) < 4.78 is 21.9. The maximum atomic E-state index is 10.9. The van der Waals surface area contributed by atoms with Gasteiger partial charge >= 0.3 is 0 Å². The topological polar surface area (TPSA) is 66.4 Å².